The van der Waals surface area contributed by atoms with Gasteiger partial charge in [-0.25, -0.2) is 24.2 Å². The van der Waals surface area contributed by atoms with E-state index in [1.54, 1.807) is 0 Å². The van der Waals surface area contributed by atoms with Crippen LogP contribution < -0.4 is 0 Å². The first-order valence-corrected chi connectivity index (χ1v) is 4.06. The molecule has 0 unspecified atom stereocenters. The standard InChI is InChI=1S/C8H6O8/c9-5-1-2-6(10)15-16-7(11)3-4(14-5)8(12)13/h3H,1-2H2,(H,12,13)/b4-3-. The van der Waals surface area contributed by atoms with Crippen LogP contribution in [-0.4, -0.2) is 29.0 Å². The number of ether oxygens (including phenoxy) is 1. The summed E-state index contributed by atoms with van der Waals surface area (Å²) in [6.45, 7) is 0. The Kier molecular flexibility index (Phi) is 3.59. The van der Waals surface area contributed by atoms with Crippen LogP contribution in [0.25, 0.3) is 0 Å². The van der Waals surface area contributed by atoms with Gasteiger partial charge in [-0.2, -0.15) is 0 Å². The van der Waals surface area contributed by atoms with Crippen molar-refractivity contribution in [2.24, 2.45) is 0 Å². The second-order valence-electron chi connectivity index (χ2n) is 2.65. The molecule has 0 aliphatic carbocycles. The Bertz CT molecular complexity index is 379. The Balaban J connectivity index is 2.88. The van der Waals surface area contributed by atoms with Gasteiger partial charge in [0.1, 0.15) is 0 Å². The van der Waals surface area contributed by atoms with E-state index < -0.39 is 29.6 Å². The van der Waals surface area contributed by atoms with E-state index in [4.69, 9.17) is 5.11 Å². The van der Waals surface area contributed by atoms with Crippen molar-refractivity contribution < 1.29 is 38.8 Å². The molecule has 0 atom stereocenters. The zero-order valence-corrected chi connectivity index (χ0v) is 7.80. The molecule has 1 N–H and O–H groups in total. The highest BCUT2D eigenvalue weighted by molar-refractivity contribution is 5.96. The van der Waals surface area contributed by atoms with Crippen molar-refractivity contribution in [1.29, 1.82) is 0 Å². The van der Waals surface area contributed by atoms with Crippen molar-refractivity contribution in [3.05, 3.63) is 11.8 Å². The summed E-state index contributed by atoms with van der Waals surface area (Å²) in [5, 5.41) is 8.54. The zero-order valence-electron chi connectivity index (χ0n) is 7.80. The molecular weight excluding hydrogens is 224 g/mol. The van der Waals surface area contributed by atoms with Crippen LogP contribution in [0.15, 0.2) is 11.8 Å². The number of esters is 1. The molecule has 16 heavy (non-hydrogen) atoms. The summed E-state index contributed by atoms with van der Waals surface area (Å²) < 4.78 is 4.32. The molecule has 0 aromatic rings. The summed E-state index contributed by atoms with van der Waals surface area (Å²) in [6, 6.07) is 0. The van der Waals surface area contributed by atoms with Gasteiger partial charge >= 0.3 is 23.9 Å². The maximum atomic E-state index is 11.0. The molecule has 1 aliphatic rings. The third-order valence-electron chi connectivity index (χ3n) is 1.43. The van der Waals surface area contributed by atoms with Gasteiger partial charge in [0.2, 0.25) is 5.76 Å². The summed E-state index contributed by atoms with van der Waals surface area (Å²) >= 11 is 0. The Morgan fingerprint density at radius 1 is 1.12 bits per heavy atom. The van der Waals surface area contributed by atoms with Crippen LogP contribution in [0.4, 0.5) is 0 Å². The Morgan fingerprint density at radius 3 is 2.38 bits per heavy atom. The number of carboxylic acids is 1. The molecule has 1 aliphatic heterocycles. The smallest absolute Gasteiger partial charge is 0.383 e. The number of carbonyl (C=O) groups excluding carboxylic acids is 3. The van der Waals surface area contributed by atoms with Crippen molar-refractivity contribution in [2.45, 2.75) is 12.8 Å². The second-order valence-corrected chi connectivity index (χ2v) is 2.65. The number of carboxylic acid groups (broad SMARTS) is 1. The highest BCUT2D eigenvalue weighted by atomic mass is 17.2. The maximum absolute atomic E-state index is 11.0. The fourth-order valence-electron chi connectivity index (χ4n) is 0.773. The first-order chi connectivity index (χ1) is 7.49. The number of cyclic esters (lactones) is 1. The van der Waals surface area contributed by atoms with E-state index in [1.165, 1.54) is 0 Å². The minimum atomic E-state index is -1.61. The van der Waals surface area contributed by atoms with Gasteiger partial charge in [-0.15, -0.1) is 0 Å². The number of hydrogen-bond acceptors (Lipinski definition) is 7. The predicted octanol–water partition coefficient (Wildman–Crippen LogP) is -0.707. The molecule has 0 bridgehead atoms. The van der Waals surface area contributed by atoms with Crippen molar-refractivity contribution >= 4 is 23.9 Å². The highest BCUT2D eigenvalue weighted by Gasteiger charge is 2.21. The maximum Gasteiger partial charge on any atom is 0.383 e. The molecule has 86 valence electrons. The van der Waals surface area contributed by atoms with E-state index in [0.717, 1.165) is 0 Å². The molecule has 0 fully saturated rings. The van der Waals surface area contributed by atoms with Gasteiger partial charge in [0.15, 0.2) is 0 Å². The molecule has 1 rings (SSSR count). The molecule has 0 amide bonds. The molecule has 0 aromatic carbocycles. The number of hydrogen-bond donors (Lipinski definition) is 1. The average Bonchev–Trinajstić information content (AvgIpc) is 2.21. The lowest BCUT2D eigenvalue weighted by Crippen LogP contribution is -2.18. The molecule has 0 saturated heterocycles. The first kappa shape index (κ1) is 11.7. The van der Waals surface area contributed by atoms with Crippen molar-refractivity contribution in [2.75, 3.05) is 0 Å². The third-order valence-corrected chi connectivity index (χ3v) is 1.43. The summed E-state index contributed by atoms with van der Waals surface area (Å²) in [4.78, 5) is 51.0. The lowest BCUT2D eigenvalue weighted by molar-refractivity contribution is -0.255. The van der Waals surface area contributed by atoms with Gasteiger partial charge in [-0.3, -0.25) is 4.79 Å². The van der Waals surface area contributed by atoms with E-state index in [2.05, 4.69) is 14.5 Å². The largest absolute Gasteiger partial charge is 0.475 e. The molecule has 1 heterocycles. The summed E-state index contributed by atoms with van der Waals surface area (Å²) in [5.74, 6) is -5.66. The van der Waals surface area contributed by atoms with Crippen molar-refractivity contribution in [3.8, 4) is 0 Å². The molecule has 0 spiro atoms. The quantitative estimate of drug-likeness (QED) is 0.464. The predicted molar refractivity (Wildman–Crippen MR) is 43.2 cm³/mol. The molecule has 0 saturated carbocycles. The summed E-state index contributed by atoms with van der Waals surface area (Å²) in [5.41, 5.74) is 0. The van der Waals surface area contributed by atoms with Crippen molar-refractivity contribution in [1.82, 2.24) is 0 Å². The average molecular weight is 230 g/mol. The topological polar surface area (TPSA) is 116 Å². The van der Waals surface area contributed by atoms with E-state index in [1.807, 2.05) is 0 Å². The summed E-state index contributed by atoms with van der Waals surface area (Å²) in [6.07, 6.45) is -0.362. The van der Waals surface area contributed by atoms with E-state index in [-0.39, 0.29) is 12.8 Å². The minimum Gasteiger partial charge on any atom is -0.475 e. The SMILES string of the molecule is O=C1/C=C(/C(=O)O)OC(=O)CCC(=O)OO1. The Hall–Kier alpha value is -2.38. The van der Waals surface area contributed by atoms with Gasteiger partial charge in [-0.05, 0) is 0 Å². The van der Waals surface area contributed by atoms with Crippen LogP contribution in [0.3, 0.4) is 0 Å². The minimum absolute atomic E-state index is 0.374. The number of carbonyl (C=O) groups is 4. The third kappa shape index (κ3) is 3.40. The van der Waals surface area contributed by atoms with Crippen LogP contribution in [-0.2, 0) is 33.7 Å². The van der Waals surface area contributed by atoms with Crippen LogP contribution in [0.1, 0.15) is 12.8 Å². The van der Waals surface area contributed by atoms with E-state index >= 15 is 0 Å². The normalized spacial score (nSPS) is 21.0. The lowest BCUT2D eigenvalue weighted by Gasteiger charge is -2.06. The summed E-state index contributed by atoms with van der Waals surface area (Å²) in [7, 11) is 0. The van der Waals surface area contributed by atoms with Crippen LogP contribution >= 0.6 is 0 Å². The van der Waals surface area contributed by atoms with Crippen LogP contribution in [0.2, 0.25) is 0 Å². The van der Waals surface area contributed by atoms with Gasteiger partial charge < -0.3 is 9.84 Å². The Labute approximate surface area is 88.3 Å². The molecular formula is C8H6O8. The lowest BCUT2D eigenvalue weighted by atomic mass is 10.3. The van der Waals surface area contributed by atoms with Gasteiger partial charge in [0.25, 0.3) is 0 Å². The zero-order chi connectivity index (χ0) is 12.1. The van der Waals surface area contributed by atoms with Crippen LogP contribution in [0.5, 0.6) is 0 Å². The molecule has 0 aromatic heterocycles. The highest BCUT2D eigenvalue weighted by Crippen LogP contribution is 2.06. The number of rotatable bonds is 1. The van der Waals surface area contributed by atoms with Gasteiger partial charge in [0.05, 0.1) is 18.9 Å². The monoisotopic (exact) mass is 230 g/mol. The second kappa shape index (κ2) is 4.91. The molecule has 0 radical (unpaired) electrons. The fourth-order valence-corrected chi connectivity index (χ4v) is 0.773. The van der Waals surface area contributed by atoms with Gasteiger partial charge in [-0.1, -0.05) is 0 Å². The van der Waals surface area contributed by atoms with Crippen molar-refractivity contribution in [3.63, 3.8) is 0 Å². The van der Waals surface area contributed by atoms with E-state index in [9.17, 15) is 19.2 Å². The molecule has 8 heteroatoms. The van der Waals surface area contributed by atoms with Gasteiger partial charge in [0, 0.05) is 0 Å². The van der Waals surface area contributed by atoms with Crippen LogP contribution in [0, 0.1) is 0 Å². The number of aliphatic carboxylic acids is 1. The molecule has 8 nitrogen and oxygen atoms in total. The Morgan fingerprint density at radius 2 is 1.75 bits per heavy atom. The van der Waals surface area contributed by atoms with E-state index in [0.29, 0.717) is 6.08 Å². The fraction of sp³-hybridized carbons (Fsp3) is 0.250. The first-order valence-electron chi connectivity index (χ1n) is 4.06.